The van der Waals surface area contributed by atoms with Gasteiger partial charge >= 0.3 is 0 Å². The van der Waals surface area contributed by atoms with E-state index in [2.05, 4.69) is 29.2 Å². The van der Waals surface area contributed by atoms with Crippen LogP contribution < -0.4 is 5.32 Å². The van der Waals surface area contributed by atoms with Crippen LogP contribution in [0.4, 0.5) is 5.69 Å². The van der Waals surface area contributed by atoms with Crippen LogP contribution in [0.15, 0.2) is 12.4 Å². The molecule has 20 heavy (non-hydrogen) atoms. The summed E-state index contributed by atoms with van der Waals surface area (Å²) in [6.07, 6.45) is 3.84. The van der Waals surface area contributed by atoms with Gasteiger partial charge in [0, 0.05) is 19.2 Å². The van der Waals surface area contributed by atoms with Crippen LogP contribution in [0.5, 0.6) is 0 Å². The Hall–Kier alpha value is -1.40. The van der Waals surface area contributed by atoms with Crippen LogP contribution in [0.3, 0.4) is 0 Å². The molecule has 1 aromatic rings. The molecule has 1 aromatic heterocycles. The number of nitrogens with zero attached hydrogens (tertiary/aromatic N) is 3. The predicted octanol–water partition coefficient (Wildman–Crippen LogP) is 1.32. The molecule has 114 valence electrons. The Morgan fingerprint density at radius 1 is 1.50 bits per heavy atom. The molecule has 1 unspecified atom stereocenters. The number of nitrogens with one attached hydrogen (secondary N) is 1. The minimum absolute atomic E-state index is 0.0887. The first-order valence-electron chi connectivity index (χ1n) is 7.27. The molecular formula is C14H26N4O2. The lowest BCUT2D eigenvalue weighted by Gasteiger charge is -2.17. The molecule has 2 N–H and O–H groups in total. The van der Waals surface area contributed by atoms with Crippen LogP contribution in [0.1, 0.15) is 33.6 Å². The number of aromatic nitrogens is 2. The van der Waals surface area contributed by atoms with Gasteiger partial charge in [-0.1, -0.05) is 13.8 Å². The van der Waals surface area contributed by atoms with Gasteiger partial charge in [-0.3, -0.25) is 9.48 Å². The van der Waals surface area contributed by atoms with E-state index in [1.54, 1.807) is 13.1 Å². The van der Waals surface area contributed by atoms with E-state index in [9.17, 15) is 4.79 Å². The number of likely N-dealkylation sites (N-methyl/N-ethyl adjacent to an activating group) is 1. The smallest absolute Gasteiger partial charge is 0.224 e. The summed E-state index contributed by atoms with van der Waals surface area (Å²) in [5.41, 5.74) is 0.708. The fourth-order valence-corrected chi connectivity index (χ4v) is 1.90. The van der Waals surface area contributed by atoms with Crippen LogP contribution in [0, 0.1) is 0 Å². The molecule has 1 atom stereocenters. The monoisotopic (exact) mass is 282 g/mol. The zero-order chi connectivity index (χ0) is 15.0. The van der Waals surface area contributed by atoms with Crippen molar-refractivity contribution in [1.82, 2.24) is 14.7 Å². The molecule has 1 amide bonds. The first-order valence-corrected chi connectivity index (χ1v) is 7.27. The van der Waals surface area contributed by atoms with Gasteiger partial charge in [0.05, 0.1) is 24.5 Å². The lowest BCUT2D eigenvalue weighted by Crippen LogP contribution is -2.27. The van der Waals surface area contributed by atoms with Gasteiger partial charge in [-0.05, 0) is 26.4 Å². The summed E-state index contributed by atoms with van der Waals surface area (Å²) in [6, 6.07) is 0. The van der Waals surface area contributed by atoms with Crippen molar-refractivity contribution in [3.05, 3.63) is 12.4 Å². The average molecular weight is 282 g/mol. The summed E-state index contributed by atoms with van der Waals surface area (Å²) in [5.74, 6) is -0.0887. The van der Waals surface area contributed by atoms with Crippen molar-refractivity contribution in [1.29, 1.82) is 0 Å². The Morgan fingerprint density at radius 3 is 2.80 bits per heavy atom. The number of aliphatic hydroxyl groups is 1. The number of anilines is 1. The number of hydrogen-bond donors (Lipinski definition) is 2. The zero-order valence-electron chi connectivity index (χ0n) is 12.7. The van der Waals surface area contributed by atoms with Gasteiger partial charge in [-0.2, -0.15) is 5.10 Å². The number of rotatable bonds is 9. The van der Waals surface area contributed by atoms with Crippen molar-refractivity contribution in [3.63, 3.8) is 0 Å². The Kier molecular flexibility index (Phi) is 7.25. The van der Waals surface area contributed by atoms with Crippen LogP contribution in [0.2, 0.25) is 0 Å². The van der Waals surface area contributed by atoms with Crippen LogP contribution >= 0.6 is 0 Å². The number of hydrogen-bond acceptors (Lipinski definition) is 4. The van der Waals surface area contributed by atoms with Crippen molar-refractivity contribution in [2.45, 2.75) is 46.3 Å². The van der Waals surface area contributed by atoms with E-state index >= 15 is 0 Å². The molecule has 0 radical (unpaired) electrons. The molecule has 0 aromatic carbocycles. The third kappa shape index (κ3) is 6.16. The second-order valence-electron chi connectivity index (χ2n) is 4.95. The van der Waals surface area contributed by atoms with Gasteiger partial charge in [-0.15, -0.1) is 0 Å². The summed E-state index contributed by atoms with van der Waals surface area (Å²) >= 11 is 0. The molecule has 0 saturated carbocycles. The van der Waals surface area contributed by atoms with E-state index in [1.165, 1.54) is 0 Å². The highest BCUT2D eigenvalue weighted by Crippen LogP contribution is 2.07. The number of aliphatic hydroxyl groups excluding tert-OH is 1. The number of carbonyl (C=O) groups excluding carboxylic acids is 1. The first kappa shape index (κ1) is 16.7. The molecule has 6 heteroatoms. The maximum Gasteiger partial charge on any atom is 0.224 e. The molecule has 1 rings (SSSR count). The topological polar surface area (TPSA) is 70.4 Å². The second kappa shape index (κ2) is 8.71. The molecular weight excluding hydrogens is 256 g/mol. The van der Waals surface area contributed by atoms with E-state index in [0.717, 1.165) is 26.2 Å². The normalized spacial score (nSPS) is 12.7. The van der Waals surface area contributed by atoms with E-state index in [1.807, 2.05) is 10.9 Å². The lowest BCUT2D eigenvalue weighted by atomic mass is 10.2. The van der Waals surface area contributed by atoms with Gasteiger partial charge < -0.3 is 15.3 Å². The SMILES string of the molecule is CCN(CC)CCn1cc(NC(=O)CCC(C)O)cn1. The molecule has 1 heterocycles. The fraction of sp³-hybridized carbons (Fsp3) is 0.714. The molecule has 0 bridgehead atoms. The highest BCUT2D eigenvalue weighted by atomic mass is 16.3. The molecule has 0 aliphatic heterocycles. The lowest BCUT2D eigenvalue weighted by molar-refractivity contribution is -0.116. The predicted molar refractivity (Wildman–Crippen MR) is 79.6 cm³/mol. The van der Waals surface area contributed by atoms with Gasteiger partial charge in [0.1, 0.15) is 0 Å². The standard InChI is InChI=1S/C14H26N4O2/c1-4-17(5-2)8-9-18-11-13(10-15-18)16-14(20)7-6-12(3)19/h10-12,19H,4-9H2,1-3H3,(H,16,20). The Bertz CT molecular complexity index is 400. The Labute approximate surface area is 120 Å². The molecule has 6 nitrogen and oxygen atoms in total. The summed E-state index contributed by atoms with van der Waals surface area (Å²) in [5, 5.41) is 16.2. The van der Waals surface area contributed by atoms with Crippen LogP contribution in [-0.2, 0) is 11.3 Å². The van der Waals surface area contributed by atoms with Crippen molar-refractivity contribution in [2.75, 3.05) is 25.0 Å². The van der Waals surface area contributed by atoms with Gasteiger partial charge in [0.15, 0.2) is 0 Å². The maximum atomic E-state index is 11.6. The van der Waals surface area contributed by atoms with Crippen molar-refractivity contribution in [2.24, 2.45) is 0 Å². The maximum absolute atomic E-state index is 11.6. The minimum atomic E-state index is -0.447. The zero-order valence-corrected chi connectivity index (χ0v) is 12.7. The van der Waals surface area contributed by atoms with E-state index in [0.29, 0.717) is 18.5 Å². The first-order chi connectivity index (χ1) is 9.55. The van der Waals surface area contributed by atoms with Crippen LogP contribution in [0.25, 0.3) is 0 Å². The summed E-state index contributed by atoms with van der Waals surface area (Å²) in [4.78, 5) is 13.9. The fourth-order valence-electron chi connectivity index (χ4n) is 1.90. The molecule has 0 spiro atoms. The minimum Gasteiger partial charge on any atom is -0.393 e. The molecule has 0 aliphatic carbocycles. The average Bonchev–Trinajstić information content (AvgIpc) is 2.85. The number of amides is 1. The molecule has 0 aliphatic rings. The number of carbonyl (C=O) groups is 1. The quantitative estimate of drug-likeness (QED) is 0.717. The van der Waals surface area contributed by atoms with Crippen LogP contribution in [-0.4, -0.2) is 51.4 Å². The van der Waals surface area contributed by atoms with Crippen molar-refractivity contribution < 1.29 is 9.90 Å². The van der Waals surface area contributed by atoms with Crippen molar-refractivity contribution in [3.8, 4) is 0 Å². The molecule has 0 fully saturated rings. The Balaban J connectivity index is 2.37. The van der Waals surface area contributed by atoms with E-state index < -0.39 is 6.10 Å². The summed E-state index contributed by atoms with van der Waals surface area (Å²) in [7, 11) is 0. The third-order valence-electron chi connectivity index (χ3n) is 3.25. The highest BCUT2D eigenvalue weighted by Gasteiger charge is 2.07. The highest BCUT2D eigenvalue weighted by molar-refractivity contribution is 5.90. The summed E-state index contributed by atoms with van der Waals surface area (Å²) < 4.78 is 1.84. The second-order valence-corrected chi connectivity index (χ2v) is 4.95. The largest absolute Gasteiger partial charge is 0.393 e. The van der Waals surface area contributed by atoms with E-state index in [-0.39, 0.29) is 5.91 Å². The third-order valence-corrected chi connectivity index (χ3v) is 3.25. The molecule has 0 saturated heterocycles. The van der Waals surface area contributed by atoms with Gasteiger partial charge in [0.25, 0.3) is 0 Å². The van der Waals surface area contributed by atoms with Gasteiger partial charge in [0.2, 0.25) is 5.91 Å². The Morgan fingerprint density at radius 2 is 2.20 bits per heavy atom. The summed E-state index contributed by atoms with van der Waals surface area (Å²) in [6.45, 7) is 9.77. The van der Waals surface area contributed by atoms with Crippen molar-refractivity contribution >= 4 is 11.6 Å². The van der Waals surface area contributed by atoms with E-state index in [4.69, 9.17) is 5.11 Å². The van der Waals surface area contributed by atoms with Gasteiger partial charge in [-0.25, -0.2) is 0 Å².